The van der Waals surface area contributed by atoms with Gasteiger partial charge >= 0.3 is 0 Å². The van der Waals surface area contributed by atoms with Gasteiger partial charge in [-0.3, -0.25) is 9.59 Å². The van der Waals surface area contributed by atoms with E-state index in [2.05, 4.69) is 16.0 Å². The lowest BCUT2D eigenvalue weighted by Gasteiger charge is -2.11. The number of anilines is 1. The predicted octanol–water partition coefficient (Wildman–Crippen LogP) is 1.30. The topological polar surface area (TPSA) is 70.2 Å². The zero-order valence-corrected chi connectivity index (χ0v) is 12.3. The number of benzene rings is 1. The molecule has 110 valence electrons. The SMILES string of the molecule is CNC(=O)Cc1ccccc1NC(=O)CCNC(C)C. The standard InChI is InChI=1S/C15H23N3O2/c1-11(2)17-9-8-14(19)18-13-7-5-4-6-12(13)10-15(20)16-3/h4-7,11,17H,8-10H2,1-3H3,(H,16,20)(H,18,19). The number of carbonyl (C=O) groups excluding carboxylic acids is 2. The van der Waals surface area contributed by atoms with E-state index in [-0.39, 0.29) is 18.2 Å². The molecule has 0 saturated heterocycles. The molecule has 0 radical (unpaired) electrons. The molecule has 1 rings (SSSR count). The van der Waals surface area contributed by atoms with Crippen LogP contribution in [0.2, 0.25) is 0 Å². The number of carbonyl (C=O) groups is 2. The van der Waals surface area contributed by atoms with E-state index in [9.17, 15) is 9.59 Å². The van der Waals surface area contributed by atoms with Gasteiger partial charge in [0.25, 0.3) is 0 Å². The Morgan fingerprint density at radius 1 is 1.15 bits per heavy atom. The summed E-state index contributed by atoms with van der Waals surface area (Å²) in [6, 6.07) is 7.72. The summed E-state index contributed by atoms with van der Waals surface area (Å²) < 4.78 is 0. The summed E-state index contributed by atoms with van der Waals surface area (Å²) in [4.78, 5) is 23.3. The van der Waals surface area contributed by atoms with Gasteiger partial charge in [0.05, 0.1) is 6.42 Å². The minimum Gasteiger partial charge on any atom is -0.359 e. The Morgan fingerprint density at radius 3 is 2.50 bits per heavy atom. The van der Waals surface area contributed by atoms with Gasteiger partial charge in [0.1, 0.15) is 0 Å². The van der Waals surface area contributed by atoms with Gasteiger partial charge in [0, 0.05) is 31.7 Å². The Bertz CT molecular complexity index is 458. The van der Waals surface area contributed by atoms with Crippen molar-refractivity contribution in [2.75, 3.05) is 18.9 Å². The molecule has 0 aromatic heterocycles. The minimum absolute atomic E-state index is 0.0532. The zero-order chi connectivity index (χ0) is 15.0. The number of rotatable bonds is 7. The lowest BCUT2D eigenvalue weighted by molar-refractivity contribution is -0.120. The van der Waals surface area contributed by atoms with E-state index in [1.165, 1.54) is 0 Å². The molecule has 3 N–H and O–H groups in total. The van der Waals surface area contributed by atoms with Gasteiger partial charge in [0.2, 0.25) is 11.8 Å². The summed E-state index contributed by atoms with van der Waals surface area (Å²) in [6.45, 7) is 4.72. The van der Waals surface area contributed by atoms with E-state index < -0.39 is 0 Å². The molecule has 5 heteroatoms. The molecule has 0 saturated carbocycles. The monoisotopic (exact) mass is 277 g/mol. The van der Waals surface area contributed by atoms with Crippen LogP contribution in [0.5, 0.6) is 0 Å². The van der Waals surface area contributed by atoms with Crippen LogP contribution in [0.4, 0.5) is 5.69 Å². The fourth-order valence-electron chi connectivity index (χ4n) is 1.74. The van der Waals surface area contributed by atoms with Gasteiger partial charge in [-0.1, -0.05) is 32.0 Å². The fourth-order valence-corrected chi connectivity index (χ4v) is 1.74. The van der Waals surface area contributed by atoms with Crippen LogP contribution in [0.25, 0.3) is 0 Å². The number of likely N-dealkylation sites (N-methyl/N-ethyl adjacent to an activating group) is 1. The normalized spacial score (nSPS) is 10.4. The Kier molecular flexibility index (Phi) is 6.73. The van der Waals surface area contributed by atoms with Crippen LogP contribution >= 0.6 is 0 Å². The van der Waals surface area contributed by atoms with Crippen molar-refractivity contribution >= 4 is 17.5 Å². The van der Waals surface area contributed by atoms with Crippen LogP contribution in [-0.4, -0.2) is 31.4 Å². The maximum absolute atomic E-state index is 11.8. The molecule has 0 atom stereocenters. The fraction of sp³-hybridized carbons (Fsp3) is 0.467. The van der Waals surface area contributed by atoms with Crippen LogP contribution in [0.3, 0.4) is 0 Å². The second-order valence-corrected chi connectivity index (χ2v) is 4.91. The Morgan fingerprint density at radius 2 is 1.85 bits per heavy atom. The molecule has 0 spiro atoms. The maximum Gasteiger partial charge on any atom is 0.225 e. The Balaban J connectivity index is 2.58. The minimum atomic E-state index is -0.0758. The highest BCUT2D eigenvalue weighted by Gasteiger charge is 2.09. The third-order valence-electron chi connectivity index (χ3n) is 2.83. The lowest BCUT2D eigenvalue weighted by atomic mass is 10.1. The molecular weight excluding hydrogens is 254 g/mol. The molecule has 0 aliphatic heterocycles. The van der Waals surface area contributed by atoms with Crippen molar-refractivity contribution in [3.05, 3.63) is 29.8 Å². The molecule has 1 aromatic rings. The van der Waals surface area contributed by atoms with Crippen molar-refractivity contribution in [1.29, 1.82) is 0 Å². The summed E-state index contributed by atoms with van der Waals surface area (Å²) in [5.74, 6) is -0.129. The smallest absolute Gasteiger partial charge is 0.225 e. The van der Waals surface area contributed by atoms with Gasteiger partial charge in [0.15, 0.2) is 0 Å². The van der Waals surface area contributed by atoms with Gasteiger partial charge in [-0.15, -0.1) is 0 Å². The van der Waals surface area contributed by atoms with Crippen LogP contribution in [0.1, 0.15) is 25.8 Å². The van der Waals surface area contributed by atoms with E-state index in [4.69, 9.17) is 0 Å². The first-order valence-corrected chi connectivity index (χ1v) is 6.84. The summed E-state index contributed by atoms with van der Waals surface area (Å²) in [7, 11) is 1.60. The van der Waals surface area contributed by atoms with Crippen molar-refractivity contribution in [3.63, 3.8) is 0 Å². The summed E-state index contributed by atoms with van der Waals surface area (Å²) in [5, 5.41) is 8.63. The predicted molar refractivity (Wildman–Crippen MR) is 80.6 cm³/mol. The third-order valence-corrected chi connectivity index (χ3v) is 2.83. The second kappa shape index (κ2) is 8.32. The maximum atomic E-state index is 11.8. The Hall–Kier alpha value is -1.88. The molecule has 0 aliphatic carbocycles. The van der Waals surface area contributed by atoms with Crippen LogP contribution in [-0.2, 0) is 16.0 Å². The molecule has 1 aromatic carbocycles. The molecule has 0 aliphatic rings. The van der Waals surface area contributed by atoms with Gasteiger partial charge < -0.3 is 16.0 Å². The van der Waals surface area contributed by atoms with Crippen molar-refractivity contribution in [3.8, 4) is 0 Å². The first-order chi connectivity index (χ1) is 9.52. The molecule has 20 heavy (non-hydrogen) atoms. The van der Waals surface area contributed by atoms with Crippen LogP contribution < -0.4 is 16.0 Å². The quantitative estimate of drug-likeness (QED) is 0.703. The van der Waals surface area contributed by atoms with Crippen molar-refractivity contribution in [2.24, 2.45) is 0 Å². The molecule has 2 amide bonds. The molecule has 0 unspecified atom stereocenters. The number of nitrogens with one attached hydrogen (secondary N) is 3. The number of amides is 2. The van der Waals surface area contributed by atoms with Crippen LogP contribution in [0, 0.1) is 0 Å². The van der Waals surface area contributed by atoms with E-state index in [0.717, 1.165) is 5.56 Å². The van der Waals surface area contributed by atoms with Crippen molar-refractivity contribution < 1.29 is 9.59 Å². The van der Waals surface area contributed by atoms with Crippen molar-refractivity contribution in [1.82, 2.24) is 10.6 Å². The molecule has 0 fully saturated rings. The van der Waals surface area contributed by atoms with Gasteiger partial charge in [-0.05, 0) is 11.6 Å². The van der Waals surface area contributed by atoms with E-state index >= 15 is 0 Å². The highest BCUT2D eigenvalue weighted by molar-refractivity contribution is 5.92. The van der Waals surface area contributed by atoms with Crippen LogP contribution in [0.15, 0.2) is 24.3 Å². The van der Waals surface area contributed by atoms with E-state index in [1.54, 1.807) is 7.05 Å². The van der Waals surface area contributed by atoms with Crippen molar-refractivity contribution in [2.45, 2.75) is 32.7 Å². The molecular formula is C15H23N3O2. The third kappa shape index (κ3) is 5.84. The zero-order valence-electron chi connectivity index (χ0n) is 12.3. The van der Waals surface area contributed by atoms with Gasteiger partial charge in [-0.25, -0.2) is 0 Å². The molecule has 5 nitrogen and oxygen atoms in total. The highest BCUT2D eigenvalue weighted by atomic mass is 16.2. The first-order valence-electron chi connectivity index (χ1n) is 6.84. The van der Waals surface area contributed by atoms with Gasteiger partial charge in [-0.2, -0.15) is 0 Å². The lowest BCUT2D eigenvalue weighted by Crippen LogP contribution is -2.27. The highest BCUT2D eigenvalue weighted by Crippen LogP contribution is 2.15. The van der Waals surface area contributed by atoms with E-state index in [1.807, 2.05) is 38.1 Å². The summed E-state index contributed by atoms with van der Waals surface area (Å²) >= 11 is 0. The average molecular weight is 277 g/mol. The van der Waals surface area contributed by atoms with E-state index in [0.29, 0.717) is 24.7 Å². The molecule has 0 bridgehead atoms. The summed E-state index contributed by atoms with van der Waals surface area (Å²) in [6.07, 6.45) is 0.670. The summed E-state index contributed by atoms with van der Waals surface area (Å²) in [5.41, 5.74) is 1.52. The number of para-hydroxylation sites is 1. The Labute approximate surface area is 120 Å². The largest absolute Gasteiger partial charge is 0.359 e. The first kappa shape index (κ1) is 16.2. The number of hydrogen-bond donors (Lipinski definition) is 3. The molecule has 0 heterocycles. The average Bonchev–Trinajstić information content (AvgIpc) is 2.40. The second-order valence-electron chi connectivity index (χ2n) is 4.91. The number of hydrogen-bond acceptors (Lipinski definition) is 3.